The van der Waals surface area contributed by atoms with E-state index in [4.69, 9.17) is 4.74 Å². The summed E-state index contributed by atoms with van der Waals surface area (Å²) in [7, 11) is 1.67. The number of nitrogens with zero attached hydrogens (tertiary/aromatic N) is 1. The van der Waals surface area contributed by atoms with Crippen LogP contribution in [0.4, 0.5) is 0 Å². The van der Waals surface area contributed by atoms with Crippen LogP contribution in [0.25, 0.3) is 0 Å². The molecule has 23 heavy (non-hydrogen) atoms. The van der Waals surface area contributed by atoms with Crippen molar-refractivity contribution in [2.45, 2.75) is 65.2 Å². The first-order valence-corrected chi connectivity index (χ1v) is 9.12. The predicted octanol–water partition coefficient (Wildman–Crippen LogP) is 4.84. The Labute approximate surface area is 142 Å². The van der Waals surface area contributed by atoms with Crippen molar-refractivity contribution in [2.24, 2.45) is 0 Å². The van der Waals surface area contributed by atoms with Gasteiger partial charge in [-0.1, -0.05) is 51.7 Å². The lowest BCUT2D eigenvalue weighted by Gasteiger charge is -2.23. The lowest BCUT2D eigenvalue weighted by molar-refractivity contribution is -0.131. The molecule has 0 saturated carbocycles. The molecule has 0 unspecified atom stereocenters. The van der Waals surface area contributed by atoms with Gasteiger partial charge in [0.25, 0.3) is 0 Å². The summed E-state index contributed by atoms with van der Waals surface area (Å²) in [6.07, 6.45) is 8.46. The third-order valence-electron chi connectivity index (χ3n) is 4.20. The molecular weight excluding hydrogens is 286 g/mol. The number of hydrogen-bond acceptors (Lipinski definition) is 2. The molecule has 1 aromatic carbocycles. The Morgan fingerprint density at radius 1 is 0.957 bits per heavy atom. The van der Waals surface area contributed by atoms with Crippen molar-refractivity contribution in [2.75, 3.05) is 20.2 Å². The summed E-state index contributed by atoms with van der Waals surface area (Å²) in [6, 6.07) is 8.01. The van der Waals surface area contributed by atoms with Gasteiger partial charge in [-0.2, -0.15) is 0 Å². The third-order valence-corrected chi connectivity index (χ3v) is 4.20. The molecule has 3 nitrogen and oxygen atoms in total. The number of rotatable bonds is 12. The Hall–Kier alpha value is -1.51. The normalized spacial score (nSPS) is 10.6. The van der Waals surface area contributed by atoms with E-state index < -0.39 is 0 Å². The van der Waals surface area contributed by atoms with Crippen molar-refractivity contribution in [3.05, 3.63) is 29.8 Å². The molecule has 1 aromatic rings. The van der Waals surface area contributed by atoms with Crippen LogP contribution in [-0.2, 0) is 11.2 Å². The van der Waals surface area contributed by atoms with Crippen LogP contribution in [0.15, 0.2) is 24.3 Å². The zero-order valence-electron chi connectivity index (χ0n) is 15.1. The van der Waals surface area contributed by atoms with Crippen molar-refractivity contribution < 1.29 is 9.53 Å². The molecule has 0 aromatic heterocycles. The van der Waals surface area contributed by atoms with E-state index in [0.717, 1.165) is 38.1 Å². The molecule has 0 aliphatic heterocycles. The maximum atomic E-state index is 12.5. The third kappa shape index (κ3) is 8.06. The molecule has 0 atom stereocenters. The van der Waals surface area contributed by atoms with Crippen LogP contribution in [0, 0.1) is 0 Å². The Bertz CT molecular complexity index is 418. The number of carbonyl (C=O) groups is 1. The zero-order chi connectivity index (χ0) is 16.9. The van der Waals surface area contributed by atoms with Crippen molar-refractivity contribution in [3.63, 3.8) is 0 Å². The first kappa shape index (κ1) is 19.5. The Morgan fingerprint density at radius 2 is 1.52 bits per heavy atom. The van der Waals surface area contributed by atoms with Gasteiger partial charge < -0.3 is 9.64 Å². The maximum Gasteiger partial charge on any atom is 0.222 e. The van der Waals surface area contributed by atoms with E-state index in [0.29, 0.717) is 12.3 Å². The lowest BCUT2D eigenvalue weighted by Crippen LogP contribution is -2.33. The minimum Gasteiger partial charge on any atom is -0.497 e. The van der Waals surface area contributed by atoms with Gasteiger partial charge in [-0.3, -0.25) is 4.79 Å². The van der Waals surface area contributed by atoms with Gasteiger partial charge in [0.2, 0.25) is 5.91 Å². The molecule has 0 aliphatic carbocycles. The van der Waals surface area contributed by atoms with Crippen molar-refractivity contribution in [1.82, 2.24) is 4.90 Å². The monoisotopic (exact) mass is 319 g/mol. The molecule has 0 aliphatic rings. The molecule has 3 heteroatoms. The average Bonchev–Trinajstić information content (AvgIpc) is 2.59. The number of aryl methyl sites for hydroxylation is 1. The molecule has 1 amide bonds. The van der Waals surface area contributed by atoms with Gasteiger partial charge in [0.15, 0.2) is 0 Å². The van der Waals surface area contributed by atoms with Crippen LogP contribution < -0.4 is 4.74 Å². The number of benzene rings is 1. The molecule has 0 heterocycles. The van der Waals surface area contributed by atoms with Gasteiger partial charge in [-0.05, 0) is 37.0 Å². The average molecular weight is 319 g/mol. The predicted molar refractivity (Wildman–Crippen MR) is 96.9 cm³/mol. The quantitative estimate of drug-likeness (QED) is 0.516. The Morgan fingerprint density at radius 3 is 2.00 bits per heavy atom. The fraction of sp³-hybridized carbons (Fsp3) is 0.650. The fourth-order valence-electron chi connectivity index (χ4n) is 2.67. The minimum atomic E-state index is 0.299. The molecule has 0 spiro atoms. The largest absolute Gasteiger partial charge is 0.497 e. The highest BCUT2D eigenvalue weighted by atomic mass is 16.5. The van der Waals surface area contributed by atoms with E-state index in [2.05, 4.69) is 18.7 Å². The molecule has 130 valence electrons. The standard InChI is InChI=1S/C20H33NO2/c1-4-6-8-16-21(17-9-7-5-2)20(22)15-12-18-10-13-19(23-3)14-11-18/h10-11,13-14H,4-9,12,15-17H2,1-3H3. The molecule has 0 bridgehead atoms. The van der Waals surface area contributed by atoms with Gasteiger partial charge >= 0.3 is 0 Å². The number of ether oxygens (including phenoxy) is 1. The molecule has 0 saturated heterocycles. The summed E-state index contributed by atoms with van der Waals surface area (Å²) >= 11 is 0. The fourth-order valence-corrected chi connectivity index (χ4v) is 2.67. The smallest absolute Gasteiger partial charge is 0.222 e. The summed E-state index contributed by atoms with van der Waals surface area (Å²) in [4.78, 5) is 14.6. The van der Waals surface area contributed by atoms with Crippen LogP contribution in [0.5, 0.6) is 5.75 Å². The highest BCUT2D eigenvalue weighted by molar-refractivity contribution is 5.76. The summed E-state index contributed by atoms with van der Waals surface area (Å²) in [5.41, 5.74) is 1.20. The van der Waals surface area contributed by atoms with Crippen LogP contribution in [0.3, 0.4) is 0 Å². The van der Waals surface area contributed by atoms with E-state index in [9.17, 15) is 4.79 Å². The van der Waals surface area contributed by atoms with Crippen molar-refractivity contribution >= 4 is 5.91 Å². The van der Waals surface area contributed by atoms with Crippen molar-refractivity contribution in [3.8, 4) is 5.75 Å². The number of hydrogen-bond donors (Lipinski definition) is 0. The zero-order valence-corrected chi connectivity index (χ0v) is 15.1. The highest BCUT2D eigenvalue weighted by Crippen LogP contribution is 2.13. The number of amides is 1. The van der Waals surface area contributed by atoms with Crippen molar-refractivity contribution in [1.29, 1.82) is 0 Å². The van der Waals surface area contributed by atoms with E-state index in [-0.39, 0.29) is 0 Å². The van der Waals surface area contributed by atoms with Crippen LogP contribution in [0.2, 0.25) is 0 Å². The summed E-state index contributed by atoms with van der Waals surface area (Å²) in [6.45, 7) is 6.23. The molecule has 0 fully saturated rings. The second kappa shape index (κ2) is 12.0. The second-order valence-electron chi connectivity index (χ2n) is 6.14. The van der Waals surface area contributed by atoms with Gasteiger partial charge in [0.05, 0.1) is 7.11 Å². The number of carbonyl (C=O) groups excluding carboxylic acids is 1. The molecule has 0 radical (unpaired) electrons. The van der Waals surface area contributed by atoms with E-state index in [1.807, 2.05) is 24.3 Å². The van der Waals surface area contributed by atoms with E-state index in [1.165, 1.54) is 31.2 Å². The molecule has 0 N–H and O–H groups in total. The van der Waals surface area contributed by atoms with Gasteiger partial charge in [-0.15, -0.1) is 0 Å². The Kier molecular flexibility index (Phi) is 10.2. The van der Waals surface area contributed by atoms with Crippen LogP contribution in [0.1, 0.15) is 64.4 Å². The maximum absolute atomic E-state index is 12.5. The molecule has 1 rings (SSSR count). The van der Waals surface area contributed by atoms with Gasteiger partial charge in [0.1, 0.15) is 5.75 Å². The number of methoxy groups -OCH3 is 1. The highest BCUT2D eigenvalue weighted by Gasteiger charge is 2.12. The summed E-state index contributed by atoms with van der Waals surface area (Å²) in [5.74, 6) is 1.16. The summed E-state index contributed by atoms with van der Waals surface area (Å²) < 4.78 is 5.17. The van der Waals surface area contributed by atoms with E-state index in [1.54, 1.807) is 7.11 Å². The molecular formula is C20H33NO2. The minimum absolute atomic E-state index is 0.299. The second-order valence-corrected chi connectivity index (χ2v) is 6.14. The topological polar surface area (TPSA) is 29.5 Å². The van der Waals surface area contributed by atoms with E-state index >= 15 is 0 Å². The van der Waals surface area contributed by atoms with Gasteiger partial charge in [0, 0.05) is 19.5 Å². The first-order chi connectivity index (χ1) is 11.2. The van der Waals surface area contributed by atoms with Crippen LogP contribution >= 0.6 is 0 Å². The number of unbranched alkanes of at least 4 members (excludes halogenated alkanes) is 4. The summed E-state index contributed by atoms with van der Waals surface area (Å²) in [5, 5.41) is 0. The Balaban J connectivity index is 2.46. The van der Waals surface area contributed by atoms with Crippen LogP contribution in [-0.4, -0.2) is 31.0 Å². The first-order valence-electron chi connectivity index (χ1n) is 9.12. The van der Waals surface area contributed by atoms with Gasteiger partial charge in [-0.25, -0.2) is 0 Å². The SMILES string of the molecule is CCCCCN(CCCCC)C(=O)CCc1ccc(OC)cc1. The lowest BCUT2D eigenvalue weighted by atomic mass is 10.1.